The quantitative estimate of drug-likeness (QED) is 0.754. The Balaban J connectivity index is 1.70. The number of phenolic OH excluding ortho intramolecular Hbond substituents is 1. The minimum Gasteiger partial charge on any atom is -0.504 e. The average Bonchev–Trinajstić information content (AvgIpc) is 2.77. The summed E-state index contributed by atoms with van der Waals surface area (Å²) in [7, 11) is 0. The first-order valence-corrected chi connectivity index (χ1v) is 10.2. The second-order valence-corrected chi connectivity index (χ2v) is 7.85. The number of fused-ring (bicyclic) bond motifs is 3. The van der Waals surface area contributed by atoms with Crippen molar-refractivity contribution in [2.24, 2.45) is 11.1 Å². The van der Waals surface area contributed by atoms with E-state index in [0.29, 0.717) is 36.0 Å². The first kappa shape index (κ1) is 20.3. The molecule has 0 aliphatic carbocycles. The first-order valence-electron chi connectivity index (χ1n) is 10.2. The molecule has 1 aromatic carbocycles. The molecule has 1 unspecified atom stereocenters. The van der Waals surface area contributed by atoms with Gasteiger partial charge in [0.1, 0.15) is 5.56 Å². The van der Waals surface area contributed by atoms with E-state index in [4.69, 9.17) is 9.47 Å². The largest absolute Gasteiger partial charge is 0.504 e. The van der Waals surface area contributed by atoms with E-state index in [1.54, 1.807) is 6.07 Å². The van der Waals surface area contributed by atoms with Gasteiger partial charge in [-0.1, -0.05) is 6.92 Å². The zero-order chi connectivity index (χ0) is 21.3. The number of nitroso groups, excluding NO2 is 1. The van der Waals surface area contributed by atoms with Crippen LogP contribution in [0.1, 0.15) is 48.1 Å². The van der Waals surface area contributed by atoms with E-state index in [9.17, 15) is 19.6 Å². The van der Waals surface area contributed by atoms with Gasteiger partial charge in [0.05, 0.1) is 12.3 Å². The van der Waals surface area contributed by atoms with Gasteiger partial charge in [-0.25, -0.2) is 0 Å². The molecule has 8 nitrogen and oxygen atoms in total. The second-order valence-electron chi connectivity index (χ2n) is 7.85. The Labute approximate surface area is 173 Å². The van der Waals surface area contributed by atoms with Crippen molar-refractivity contribution >= 4 is 5.91 Å². The summed E-state index contributed by atoms with van der Waals surface area (Å²) in [5.41, 5.74) is 1.48. The number of hydrogen-bond acceptors (Lipinski definition) is 6. The maximum atomic E-state index is 12.4. The van der Waals surface area contributed by atoms with Crippen LogP contribution in [0.2, 0.25) is 0 Å². The van der Waals surface area contributed by atoms with Crippen LogP contribution in [0.4, 0.5) is 0 Å². The van der Waals surface area contributed by atoms with E-state index in [-0.39, 0.29) is 17.4 Å². The molecule has 4 rings (SSSR count). The van der Waals surface area contributed by atoms with Crippen LogP contribution in [-0.4, -0.2) is 35.4 Å². The summed E-state index contributed by atoms with van der Waals surface area (Å²) in [5, 5.41) is 12.9. The fourth-order valence-corrected chi connectivity index (χ4v) is 4.22. The molecule has 8 heteroatoms. The molecule has 1 saturated heterocycles. The fraction of sp³-hybridized carbons (Fsp3) is 0.455. The van der Waals surface area contributed by atoms with Crippen LogP contribution < -0.4 is 10.2 Å². The molecule has 2 aromatic rings. The predicted molar refractivity (Wildman–Crippen MR) is 110 cm³/mol. The Morgan fingerprint density at radius 1 is 1.30 bits per heavy atom. The third kappa shape index (κ3) is 3.75. The molecule has 0 radical (unpaired) electrons. The van der Waals surface area contributed by atoms with Crippen LogP contribution in [-0.2, 0) is 11.2 Å². The summed E-state index contributed by atoms with van der Waals surface area (Å²) in [5.74, 6) is -0.234. The number of nitrogens with zero attached hydrogens (tertiary/aromatic N) is 2. The Hall–Kier alpha value is -3.00. The van der Waals surface area contributed by atoms with Gasteiger partial charge in [0.2, 0.25) is 0 Å². The summed E-state index contributed by atoms with van der Waals surface area (Å²) >= 11 is 0. The van der Waals surface area contributed by atoms with Crippen LogP contribution in [0, 0.1) is 10.8 Å². The highest BCUT2D eigenvalue weighted by atomic mass is 16.5. The van der Waals surface area contributed by atoms with Gasteiger partial charge in [-0.3, -0.25) is 9.59 Å². The minimum atomic E-state index is -1.07. The van der Waals surface area contributed by atoms with Gasteiger partial charge in [0, 0.05) is 42.3 Å². The average molecular weight is 412 g/mol. The van der Waals surface area contributed by atoms with Gasteiger partial charge in [-0.05, 0) is 49.3 Å². The van der Waals surface area contributed by atoms with Gasteiger partial charge in [-0.15, -0.1) is 4.91 Å². The highest BCUT2D eigenvalue weighted by molar-refractivity contribution is 5.94. The number of aromatic hydroxyl groups is 1. The topological polar surface area (TPSA) is 107 Å². The summed E-state index contributed by atoms with van der Waals surface area (Å²) in [4.78, 5) is 34.7. The number of rotatable bonds is 5. The molecule has 0 bridgehead atoms. The number of benzene rings is 1. The number of phenols is 1. The van der Waals surface area contributed by atoms with Crippen molar-refractivity contribution in [2.45, 2.75) is 38.6 Å². The SMILES string of the molecule is CCC1Cc2cc(OCC3CCOCC3)c(O)cc2-c2cc(=O)c(C(=O)N=O)cn21. The van der Waals surface area contributed by atoms with E-state index in [1.807, 2.05) is 17.6 Å². The molecule has 2 aliphatic heterocycles. The summed E-state index contributed by atoms with van der Waals surface area (Å²) in [6, 6.07) is 4.78. The van der Waals surface area contributed by atoms with E-state index in [2.05, 4.69) is 5.18 Å². The second kappa shape index (κ2) is 8.39. The molecular weight excluding hydrogens is 388 g/mol. The molecule has 1 aromatic heterocycles. The van der Waals surface area contributed by atoms with Crippen LogP contribution in [0.5, 0.6) is 11.5 Å². The monoisotopic (exact) mass is 412 g/mol. The zero-order valence-corrected chi connectivity index (χ0v) is 16.8. The third-order valence-electron chi connectivity index (χ3n) is 5.99. The fourth-order valence-electron chi connectivity index (χ4n) is 4.22. The lowest BCUT2D eigenvalue weighted by Crippen LogP contribution is -2.25. The van der Waals surface area contributed by atoms with Crippen molar-refractivity contribution < 1.29 is 19.4 Å². The number of aromatic nitrogens is 1. The number of amides is 1. The van der Waals surface area contributed by atoms with Crippen LogP contribution in [0.3, 0.4) is 0 Å². The third-order valence-corrected chi connectivity index (χ3v) is 5.99. The molecule has 0 spiro atoms. The van der Waals surface area contributed by atoms with E-state index in [0.717, 1.165) is 38.0 Å². The molecule has 1 fully saturated rings. The van der Waals surface area contributed by atoms with Crippen molar-refractivity contribution in [3.05, 3.63) is 50.7 Å². The Morgan fingerprint density at radius 3 is 2.77 bits per heavy atom. The van der Waals surface area contributed by atoms with E-state index >= 15 is 0 Å². The molecule has 158 valence electrons. The van der Waals surface area contributed by atoms with Crippen molar-refractivity contribution in [1.29, 1.82) is 0 Å². The highest BCUT2D eigenvalue weighted by Crippen LogP contribution is 2.41. The zero-order valence-electron chi connectivity index (χ0n) is 16.8. The number of ether oxygens (including phenoxy) is 2. The molecule has 1 atom stereocenters. The molecule has 3 heterocycles. The van der Waals surface area contributed by atoms with Crippen molar-refractivity contribution in [3.8, 4) is 22.8 Å². The highest BCUT2D eigenvalue weighted by Gasteiger charge is 2.27. The Kier molecular flexibility index (Phi) is 5.67. The molecule has 30 heavy (non-hydrogen) atoms. The standard InChI is InChI=1S/C22H24N2O6/c1-2-15-7-14-8-21(30-12-13-3-5-29-6-4-13)20(26)9-16(14)18-10-19(25)17(11-24(15)18)22(27)23-28/h8-11,13,15,26H,2-7,12H2,1H3. The number of pyridine rings is 1. The van der Waals surface area contributed by atoms with Gasteiger partial charge in [0.25, 0.3) is 0 Å². The lowest BCUT2D eigenvalue weighted by Gasteiger charge is -2.31. The smallest absolute Gasteiger partial charge is 0.322 e. The van der Waals surface area contributed by atoms with Gasteiger partial charge >= 0.3 is 5.91 Å². The van der Waals surface area contributed by atoms with Crippen molar-refractivity contribution in [3.63, 3.8) is 0 Å². The van der Waals surface area contributed by atoms with E-state index < -0.39 is 11.3 Å². The summed E-state index contributed by atoms with van der Waals surface area (Å²) < 4.78 is 13.1. The van der Waals surface area contributed by atoms with Crippen molar-refractivity contribution in [2.75, 3.05) is 19.8 Å². The predicted octanol–water partition coefficient (Wildman–Crippen LogP) is 3.44. The van der Waals surface area contributed by atoms with Crippen LogP contribution >= 0.6 is 0 Å². The van der Waals surface area contributed by atoms with Gasteiger partial charge < -0.3 is 19.1 Å². The maximum absolute atomic E-state index is 12.4. The molecule has 0 saturated carbocycles. The number of carbonyl (C=O) groups is 1. The molecule has 1 N–H and O–H groups in total. The maximum Gasteiger partial charge on any atom is 0.322 e. The van der Waals surface area contributed by atoms with Crippen molar-refractivity contribution in [1.82, 2.24) is 4.57 Å². The Bertz CT molecular complexity index is 1040. The Morgan fingerprint density at radius 2 is 2.07 bits per heavy atom. The first-order chi connectivity index (χ1) is 14.5. The molecule has 1 amide bonds. The minimum absolute atomic E-state index is 0.000752. The summed E-state index contributed by atoms with van der Waals surface area (Å²) in [6.45, 7) is 4.00. The number of hydrogen-bond donors (Lipinski definition) is 1. The van der Waals surface area contributed by atoms with Crippen LogP contribution in [0.25, 0.3) is 11.3 Å². The van der Waals surface area contributed by atoms with Gasteiger partial charge in [-0.2, -0.15) is 0 Å². The summed E-state index contributed by atoms with van der Waals surface area (Å²) in [6.07, 6.45) is 4.70. The normalized spacial score (nSPS) is 18.4. The lowest BCUT2D eigenvalue weighted by atomic mass is 9.90. The number of carbonyl (C=O) groups excluding carboxylic acids is 1. The molecular formula is C22H24N2O6. The molecule has 2 aliphatic rings. The van der Waals surface area contributed by atoms with Crippen LogP contribution in [0.15, 0.2) is 34.4 Å². The van der Waals surface area contributed by atoms with Gasteiger partial charge in [0.15, 0.2) is 16.9 Å². The van der Waals surface area contributed by atoms with E-state index in [1.165, 1.54) is 12.3 Å². The lowest BCUT2D eigenvalue weighted by molar-refractivity contribution is 0.0493.